The second-order valence-corrected chi connectivity index (χ2v) is 9.20. The number of anilines is 1. The predicted molar refractivity (Wildman–Crippen MR) is 140 cm³/mol. The largest absolute Gasteiger partial charge is 0.481 e. The van der Waals surface area contributed by atoms with Gasteiger partial charge in [-0.15, -0.1) is 0 Å². The van der Waals surface area contributed by atoms with Crippen LogP contribution in [0.5, 0.6) is 5.88 Å². The van der Waals surface area contributed by atoms with Crippen LogP contribution in [0.25, 0.3) is 0 Å². The van der Waals surface area contributed by atoms with Crippen LogP contribution in [-0.2, 0) is 30.5 Å². The van der Waals surface area contributed by atoms with Crippen molar-refractivity contribution in [2.24, 2.45) is 0 Å². The lowest BCUT2D eigenvalue weighted by Gasteiger charge is -2.18. The number of nitrogens with zero attached hydrogens (tertiary/aromatic N) is 2. The van der Waals surface area contributed by atoms with Gasteiger partial charge in [0, 0.05) is 37.1 Å². The Balaban J connectivity index is 1.43. The Hall–Kier alpha value is -3.78. The zero-order valence-corrected chi connectivity index (χ0v) is 20.7. The number of hydrogen-bond acceptors (Lipinski definition) is 6. The van der Waals surface area contributed by atoms with Gasteiger partial charge < -0.3 is 25.9 Å². The van der Waals surface area contributed by atoms with Crippen molar-refractivity contribution in [1.29, 1.82) is 5.41 Å². The van der Waals surface area contributed by atoms with Crippen LogP contribution in [0.3, 0.4) is 0 Å². The van der Waals surface area contributed by atoms with Crippen molar-refractivity contribution >= 4 is 23.7 Å². The zero-order chi connectivity index (χ0) is 25.3. The highest BCUT2D eigenvalue weighted by Gasteiger charge is 2.21. The number of carboxylic acids is 1. The summed E-state index contributed by atoms with van der Waals surface area (Å²) in [6.07, 6.45) is 8.50. The average molecular weight is 489 g/mol. The molecule has 0 radical (unpaired) electrons. The highest BCUT2D eigenvalue weighted by molar-refractivity contribution is 5.85. The Labute approximate surface area is 211 Å². The molecule has 4 rings (SSSR count). The number of ether oxygens (including phenoxy) is 1. The molecule has 3 aromatic rings. The van der Waals surface area contributed by atoms with E-state index in [2.05, 4.69) is 28.5 Å². The minimum Gasteiger partial charge on any atom is -0.481 e. The number of aromatic nitrogens is 2. The van der Waals surface area contributed by atoms with Crippen LogP contribution in [0.2, 0.25) is 0 Å². The van der Waals surface area contributed by atoms with Crippen molar-refractivity contribution in [2.75, 3.05) is 19.0 Å². The van der Waals surface area contributed by atoms with Crippen LogP contribution in [0.15, 0.2) is 48.7 Å². The summed E-state index contributed by atoms with van der Waals surface area (Å²) in [5.74, 6) is 0.697. The summed E-state index contributed by atoms with van der Waals surface area (Å²) in [7, 11) is 1.56. The van der Waals surface area contributed by atoms with Gasteiger partial charge in [0.05, 0.1) is 19.1 Å². The van der Waals surface area contributed by atoms with Crippen molar-refractivity contribution in [2.45, 2.75) is 51.0 Å². The van der Waals surface area contributed by atoms with Crippen molar-refractivity contribution in [3.63, 3.8) is 0 Å². The maximum Gasteiger partial charge on any atom is 0.309 e. The molecule has 1 unspecified atom stereocenters. The minimum absolute atomic E-state index is 0.00568. The van der Waals surface area contributed by atoms with Gasteiger partial charge in [0.1, 0.15) is 17.5 Å². The molecule has 3 heterocycles. The van der Waals surface area contributed by atoms with E-state index in [-0.39, 0.29) is 12.5 Å². The smallest absolute Gasteiger partial charge is 0.309 e. The third-order valence-electron chi connectivity index (χ3n) is 6.56. The van der Waals surface area contributed by atoms with E-state index < -0.39 is 5.97 Å². The molecular weight excluding hydrogens is 454 g/mol. The number of nitrogens with two attached hydrogens (primary N) is 1. The fourth-order valence-corrected chi connectivity index (χ4v) is 4.76. The molecule has 0 fully saturated rings. The first-order valence-electron chi connectivity index (χ1n) is 12.5. The molecular formula is C28H34N5O3+. The molecule has 0 bridgehead atoms. The van der Waals surface area contributed by atoms with E-state index in [4.69, 9.17) is 15.1 Å². The Bertz CT molecular complexity index is 1200. The number of carboxylic acid groups (broad SMARTS) is 1. The highest BCUT2D eigenvalue weighted by Crippen LogP contribution is 2.21. The molecule has 1 atom stereocenters. The second-order valence-electron chi connectivity index (χ2n) is 9.20. The predicted octanol–water partition coefficient (Wildman–Crippen LogP) is 3.30. The summed E-state index contributed by atoms with van der Waals surface area (Å²) in [6, 6.07) is 13.8. The first kappa shape index (κ1) is 25.3. The minimum atomic E-state index is -0.850. The number of methoxy groups -OCH3 is 1. The number of fused-ring (bicyclic) bond motifs is 1. The van der Waals surface area contributed by atoms with Crippen LogP contribution in [0.1, 0.15) is 47.2 Å². The number of pyridine rings is 2. The molecule has 36 heavy (non-hydrogen) atoms. The Morgan fingerprint density at radius 1 is 1.25 bits per heavy atom. The van der Waals surface area contributed by atoms with E-state index in [1.807, 2.05) is 23.5 Å². The molecule has 0 saturated heterocycles. The summed E-state index contributed by atoms with van der Waals surface area (Å²) < 4.78 is 5.12. The number of rotatable bonds is 12. The quantitative estimate of drug-likeness (QED) is 0.229. The van der Waals surface area contributed by atoms with Crippen LogP contribution >= 0.6 is 0 Å². The molecule has 0 spiro atoms. The van der Waals surface area contributed by atoms with Crippen molar-refractivity contribution in [3.8, 4) is 5.88 Å². The molecule has 5 N–H and O–H groups in total. The highest BCUT2D eigenvalue weighted by atomic mass is 16.5. The van der Waals surface area contributed by atoms with E-state index in [1.165, 1.54) is 11.8 Å². The number of aliphatic carboxylic acids is 1. The standard InChI is InChI=1S/C28H33N5O3/c1-36-26-13-10-19(18-31-26)15-23(16-27(34)35)32-25-9-3-6-20(24(25)17-29)5-2-8-22-12-11-21-7-4-14-30-28(21)33-22/h3,6,9-13,17-18,23,29,32H,2,4-5,7-8,14-16H2,1H3,(H,30,33)(H,34,35)/p+1. The summed E-state index contributed by atoms with van der Waals surface area (Å²) in [4.78, 5) is 20.6. The SMILES string of the molecule is COc1ccc(CC(CC(=O)O)[NH2+]c2cccc(CCCc3ccc4c(n3)NCCC4)c2C=N)cn1. The average Bonchev–Trinajstić information content (AvgIpc) is 2.89. The summed E-state index contributed by atoms with van der Waals surface area (Å²) >= 11 is 0. The van der Waals surface area contributed by atoms with Crippen LogP contribution in [0.4, 0.5) is 11.5 Å². The van der Waals surface area contributed by atoms with Gasteiger partial charge in [-0.05, 0) is 60.9 Å². The van der Waals surface area contributed by atoms with E-state index in [1.54, 1.807) is 19.4 Å². The van der Waals surface area contributed by atoms with E-state index in [9.17, 15) is 9.90 Å². The summed E-state index contributed by atoms with van der Waals surface area (Å²) in [6.45, 7) is 0.979. The van der Waals surface area contributed by atoms with Crippen molar-refractivity contribution in [1.82, 2.24) is 9.97 Å². The number of aryl methyl sites for hydroxylation is 3. The van der Waals surface area contributed by atoms with E-state index in [0.29, 0.717) is 12.3 Å². The van der Waals surface area contributed by atoms with Gasteiger partial charge >= 0.3 is 5.97 Å². The molecule has 8 heteroatoms. The van der Waals surface area contributed by atoms with Crippen LogP contribution in [-0.4, -0.2) is 47.0 Å². The molecule has 0 aliphatic carbocycles. The maximum atomic E-state index is 11.6. The third-order valence-corrected chi connectivity index (χ3v) is 6.56. The van der Waals surface area contributed by atoms with Crippen molar-refractivity contribution in [3.05, 3.63) is 76.6 Å². The maximum absolute atomic E-state index is 11.6. The first-order valence-corrected chi connectivity index (χ1v) is 12.5. The van der Waals surface area contributed by atoms with Gasteiger partial charge in [-0.2, -0.15) is 0 Å². The van der Waals surface area contributed by atoms with Gasteiger partial charge in [-0.25, -0.2) is 9.97 Å². The van der Waals surface area contributed by atoms with Gasteiger partial charge in [0.25, 0.3) is 0 Å². The molecule has 1 aliphatic rings. The first-order chi connectivity index (χ1) is 17.6. The number of quaternary nitrogens is 1. The molecule has 0 amide bonds. The van der Waals surface area contributed by atoms with Gasteiger partial charge in [0.2, 0.25) is 5.88 Å². The van der Waals surface area contributed by atoms with Crippen LogP contribution in [0, 0.1) is 5.41 Å². The topological polar surface area (TPSA) is 125 Å². The Kier molecular flexibility index (Phi) is 8.62. The Morgan fingerprint density at radius 3 is 2.89 bits per heavy atom. The number of nitrogens with one attached hydrogen (secondary N) is 2. The number of carbonyl (C=O) groups is 1. The second kappa shape index (κ2) is 12.3. The molecule has 188 valence electrons. The number of hydrogen-bond donors (Lipinski definition) is 4. The molecule has 2 aromatic heterocycles. The van der Waals surface area contributed by atoms with E-state index >= 15 is 0 Å². The lowest BCUT2D eigenvalue weighted by molar-refractivity contribution is -0.610. The zero-order valence-electron chi connectivity index (χ0n) is 20.7. The molecule has 1 aromatic carbocycles. The molecule has 8 nitrogen and oxygen atoms in total. The summed E-state index contributed by atoms with van der Waals surface area (Å²) in [5, 5.41) is 22.9. The monoisotopic (exact) mass is 488 g/mol. The fraction of sp³-hybridized carbons (Fsp3) is 0.357. The van der Waals surface area contributed by atoms with E-state index in [0.717, 1.165) is 72.5 Å². The normalized spacial score (nSPS) is 13.4. The van der Waals surface area contributed by atoms with Crippen molar-refractivity contribution < 1.29 is 20.0 Å². The van der Waals surface area contributed by atoms with Gasteiger partial charge in [-0.1, -0.05) is 24.3 Å². The molecule has 0 saturated carbocycles. The van der Waals surface area contributed by atoms with Gasteiger partial charge in [0.15, 0.2) is 0 Å². The van der Waals surface area contributed by atoms with Crippen LogP contribution < -0.4 is 15.4 Å². The molecule has 1 aliphatic heterocycles. The third kappa shape index (κ3) is 6.66. The number of benzene rings is 1. The fourth-order valence-electron chi connectivity index (χ4n) is 4.76. The lowest BCUT2D eigenvalue weighted by Crippen LogP contribution is -2.85. The Morgan fingerprint density at radius 2 is 2.14 bits per heavy atom. The summed E-state index contributed by atoms with van der Waals surface area (Å²) in [5.41, 5.74) is 6.15. The lowest BCUT2D eigenvalue weighted by atomic mass is 9.98. The van der Waals surface area contributed by atoms with Gasteiger partial charge in [-0.3, -0.25) is 4.79 Å².